The summed E-state index contributed by atoms with van der Waals surface area (Å²) in [5, 5.41) is 6.48. The molecule has 1 aliphatic carbocycles. The smallest absolute Gasteiger partial charge is 0.265 e. The molecule has 6 N–H and O–H groups in total. The largest absolute Gasteiger partial charge is 0.382 e. The highest BCUT2D eigenvalue weighted by molar-refractivity contribution is 7.18. The molecule has 1 heterocycles. The predicted molar refractivity (Wildman–Crippen MR) is 73.8 cm³/mol. The van der Waals surface area contributed by atoms with Crippen molar-refractivity contribution in [1.82, 2.24) is 10.3 Å². The van der Waals surface area contributed by atoms with E-state index in [1.165, 1.54) is 11.3 Å². The van der Waals surface area contributed by atoms with Crippen LogP contribution in [0.5, 0.6) is 0 Å². The Bertz CT molecular complexity index is 433. The number of rotatable bonds is 3. The zero-order chi connectivity index (χ0) is 13.1. The van der Waals surface area contributed by atoms with E-state index < -0.39 is 0 Å². The molecule has 1 fully saturated rings. The van der Waals surface area contributed by atoms with Gasteiger partial charge in [0, 0.05) is 19.1 Å². The predicted octanol–water partition coefficient (Wildman–Crippen LogP) is 0.767. The van der Waals surface area contributed by atoms with Crippen molar-refractivity contribution in [2.75, 3.05) is 18.1 Å². The van der Waals surface area contributed by atoms with Crippen LogP contribution in [-0.2, 0) is 0 Å². The first-order chi connectivity index (χ1) is 8.61. The molecule has 0 aliphatic heterocycles. The molecule has 2 rings (SSSR count). The van der Waals surface area contributed by atoms with Crippen LogP contribution in [-0.4, -0.2) is 30.0 Å². The highest BCUT2D eigenvalue weighted by Gasteiger charge is 2.25. The number of amides is 1. The van der Waals surface area contributed by atoms with Crippen molar-refractivity contribution in [1.29, 1.82) is 0 Å². The molecule has 1 aliphatic rings. The average Bonchev–Trinajstić information content (AvgIpc) is 2.73. The summed E-state index contributed by atoms with van der Waals surface area (Å²) < 4.78 is 0. The van der Waals surface area contributed by atoms with E-state index in [1.807, 2.05) is 0 Å². The first kappa shape index (κ1) is 13.1. The van der Waals surface area contributed by atoms with E-state index in [0.717, 1.165) is 25.7 Å². The van der Waals surface area contributed by atoms with E-state index in [-0.39, 0.29) is 23.8 Å². The number of nitrogens with two attached hydrogens (primary N) is 2. The van der Waals surface area contributed by atoms with Crippen LogP contribution >= 0.6 is 11.3 Å². The Labute approximate surface area is 110 Å². The van der Waals surface area contributed by atoms with E-state index in [4.69, 9.17) is 11.5 Å². The molecule has 0 bridgehead atoms. The molecular formula is C11H19N5OS. The van der Waals surface area contributed by atoms with Crippen LogP contribution in [0.2, 0.25) is 0 Å². The van der Waals surface area contributed by atoms with Crippen LogP contribution in [0.4, 0.5) is 10.9 Å². The second-order valence-electron chi connectivity index (χ2n) is 4.51. The number of thiazole rings is 1. The third-order valence-electron chi connectivity index (χ3n) is 3.21. The van der Waals surface area contributed by atoms with Gasteiger partial charge in [-0.15, -0.1) is 0 Å². The van der Waals surface area contributed by atoms with Crippen molar-refractivity contribution in [3.05, 3.63) is 4.88 Å². The van der Waals surface area contributed by atoms with Gasteiger partial charge >= 0.3 is 0 Å². The zero-order valence-corrected chi connectivity index (χ0v) is 11.2. The maximum atomic E-state index is 12.1. The van der Waals surface area contributed by atoms with Gasteiger partial charge in [0.2, 0.25) is 0 Å². The molecule has 1 saturated carbocycles. The second-order valence-corrected chi connectivity index (χ2v) is 5.51. The summed E-state index contributed by atoms with van der Waals surface area (Å²) in [6.45, 7) is 0. The van der Waals surface area contributed by atoms with Gasteiger partial charge in [0.1, 0.15) is 10.7 Å². The van der Waals surface area contributed by atoms with Crippen LogP contribution in [0.3, 0.4) is 0 Å². The summed E-state index contributed by atoms with van der Waals surface area (Å²) in [6.07, 6.45) is 4.15. The molecule has 0 saturated heterocycles. The first-order valence-corrected chi connectivity index (χ1v) is 6.94. The SMILES string of the molecule is CNc1nc(N)c(C(=O)NC2CCCCC2N)s1. The van der Waals surface area contributed by atoms with Gasteiger partial charge < -0.3 is 22.1 Å². The third-order valence-corrected chi connectivity index (χ3v) is 4.30. The van der Waals surface area contributed by atoms with Crippen molar-refractivity contribution in [2.45, 2.75) is 37.8 Å². The number of carbonyl (C=O) groups is 1. The van der Waals surface area contributed by atoms with Gasteiger partial charge in [0.15, 0.2) is 5.13 Å². The van der Waals surface area contributed by atoms with Gasteiger partial charge in [-0.1, -0.05) is 24.2 Å². The van der Waals surface area contributed by atoms with Crippen molar-refractivity contribution in [3.8, 4) is 0 Å². The molecule has 1 aromatic rings. The van der Waals surface area contributed by atoms with Gasteiger partial charge in [0.25, 0.3) is 5.91 Å². The van der Waals surface area contributed by atoms with E-state index in [9.17, 15) is 4.79 Å². The number of hydrogen-bond donors (Lipinski definition) is 4. The molecule has 0 spiro atoms. The lowest BCUT2D eigenvalue weighted by Gasteiger charge is -2.29. The summed E-state index contributed by atoms with van der Waals surface area (Å²) in [5.41, 5.74) is 11.7. The van der Waals surface area contributed by atoms with Crippen LogP contribution in [0.15, 0.2) is 0 Å². The van der Waals surface area contributed by atoms with E-state index in [1.54, 1.807) is 7.05 Å². The Morgan fingerprint density at radius 1 is 1.44 bits per heavy atom. The molecule has 0 aromatic carbocycles. The molecule has 1 amide bonds. The molecule has 7 heteroatoms. The number of carbonyl (C=O) groups excluding carboxylic acids is 1. The highest BCUT2D eigenvalue weighted by Crippen LogP contribution is 2.25. The maximum absolute atomic E-state index is 12.1. The minimum Gasteiger partial charge on any atom is -0.382 e. The molecule has 0 radical (unpaired) electrons. The second kappa shape index (κ2) is 5.53. The van der Waals surface area contributed by atoms with Crippen LogP contribution in [0, 0.1) is 0 Å². The van der Waals surface area contributed by atoms with Gasteiger partial charge in [0.05, 0.1) is 0 Å². The topological polar surface area (TPSA) is 106 Å². The van der Waals surface area contributed by atoms with Crippen molar-refractivity contribution >= 4 is 28.2 Å². The molecule has 100 valence electrons. The molecule has 6 nitrogen and oxygen atoms in total. The number of aromatic nitrogens is 1. The molecule has 1 aromatic heterocycles. The average molecular weight is 269 g/mol. The quantitative estimate of drug-likeness (QED) is 0.648. The maximum Gasteiger partial charge on any atom is 0.265 e. The zero-order valence-electron chi connectivity index (χ0n) is 10.4. The Morgan fingerprint density at radius 3 is 2.78 bits per heavy atom. The summed E-state index contributed by atoms with van der Waals surface area (Å²) in [6, 6.07) is 0.0893. The van der Waals surface area contributed by atoms with Gasteiger partial charge in [-0.3, -0.25) is 4.79 Å². The number of anilines is 2. The molecule has 2 unspecified atom stereocenters. The summed E-state index contributed by atoms with van der Waals surface area (Å²) >= 11 is 1.26. The number of nitrogens with one attached hydrogen (secondary N) is 2. The van der Waals surface area contributed by atoms with E-state index >= 15 is 0 Å². The summed E-state index contributed by atoms with van der Waals surface area (Å²) in [4.78, 5) is 16.6. The highest BCUT2D eigenvalue weighted by atomic mass is 32.1. The van der Waals surface area contributed by atoms with Crippen LogP contribution < -0.4 is 22.1 Å². The van der Waals surface area contributed by atoms with E-state index in [2.05, 4.69) is 15.6 Å². The molecule has 18 heavy (non-hydrogen) atoms. The Morgan fingerprint density at radius 2 is 2.17 bits per heavy atom. The molecular weight excluding hydrogens is 250 g/mol. The van der Waals surface area contributed by atoms with Crippen molar-refractivity contribution in [3.63, 3.8) is 0 Å². The van der Waals surface area contributed by atoms with E-state index in [0.29, 0.717) is 10.0 Å². The minimum atomic E-state index is -0.172. The number of hydrogen-bond acceptors (Lipinski definition) is 6. The third kappa shape index (κ3) is 2.73. The fraction of sp³-hybridized carbons (Fsp3) is 0.636. The standard InChI is InChI=1S/C11H19N5OS/c1-14-11-16-9(13)8(18-11)10(17)15-7-5-3-2-4-6(7)12/h6-7H,2-5,12-13H2,1H3,(H,14,16)(H,15,17). The normalized spacial score (nSPS) is 23.7. The fourth-order valence-electron chi connectivity index (χ4n) is 2.17. The summed E-state index contributed by atoms with van der Waals surface area (Å²) in [5.74, 6) is 0.0973. The van der Waals surface area contributed by atoms with Crippen LogP contribution in [0.25, 0.3) is 0 Å². The van der Waals surface area contributed by atoms with Crippen LogP contribution in [0.1, 0.15) is 35.4 Å². The minimum absolute atomic E-state index is 0.0422. The Kier molecular flexibility index (Phi) is 4.03. The number of nitrogen functional groups attached to an aromatic ring is 1. The lowest BCUT2D eigenvalue weighted by Crippen LogP contribution is -2.49. The van der Waals surface area contributed by atoms with Crippen molar-refractivity contribution in [2.24, 2.45) is 5.73 Å². The molecule has 2 atom stereocenters. The van der Waals surface area contributed by atoms with Crippen molar-refractivity contribution < 1.29 is 4.79 Å². The Hall–Kier alpha value is -1.34. The summed E-state index contributed by atoms with van der Waals surface area (Å²) in [7, 11) is 1.75. The number of nitrogens with zero attached hydrogens (tertiary/aromatic N) is 1. The lowest BCUT2D eigenvalue weighted by atomic mass is 9.91. The van der Waals surface area contributed by atoms with Gasteiger partial charge in [-0.05, 0) is 12.8 Å². The Balaban J connectivity index is 2.04. The first-order valence-electron chi connectivity index (χ1n) is 6.12. The monoisotopic (exact) mass is 269 g/mol. The lowest BCUT2D eigenvalue weighted by molar-refractivity contribution is 0.0926. The van der Waals surface area contributed by atoms with Gasteiger partial charge in [-0.25, -0.2) is 4.98 Å². The van der Waals surface area contributed by atoms with Gasteiger partial charge in [-0.2, -0.15) is 0 Å². The fourth-order valence-corrected chi connectivity index (χ4v) is 2.92.